The van der Waals surface area contributed by atoms with Crippen LogP contribution in [0.3, 0.4) is 0 Å². The number of rotatable bonds is 5. The maximum atomic E-state index is 12.5. The second kappa shape index (κ2) is 8.37. The van der Waals surface area contributed by atoms with Crippen molar-refractivity contribution >= 4 is 11.8 Å². The number of ether oxygens (including phenoxy) is 1. The van der Waals surface area contributed by atoms with Crippen molar-refractivity contribution in [3.05, 3.63) is 11.7 Å². The quantitative estimate of drug-likeness (QED) is 0.844. The van der Waals surface area contributed by atoms with Gasteiger partial charge in [0.2, 0.25) is 11.8 Å². The molecule has 1 saturated carbocycles. The minimum absolute atomic E-state index is 0.00596. The molecule has 148 valence electrons. The number of piperidine rings is 1. The van der Waals surface area contributed by atoms with E-state index in [1.807, 2.05) is 4.90 Å². The molecule has 8 heteroatoms. The molecule has 0 aromatic carbocycles. The summed E-state index contributed by atoms with van der Waals surface area (Å²) in [6.45, 7) is 2.34. The van der Waals surface area contributed by atoms with Gasteiger partial charge in [-0.2, -0.15) is 4.98 Å². The summed E-state index contributed by atoms with van der Waals surface area (Å²) < 4.78 is 10.8. The molecule has 3 heterocycles. The Morgan fingerprint density at radius 3 is 2.52 bits per heavy atom. The zero-order valence-corrected chi connectivity index (χ0v) is 15.7. The van der Waals surface area contributed by atoms with Crippen molar-refractivity contribution in [2.24, 2.45) is 11.8 Å². The summed E-state index contributed by atoms with van der Waals surface area (Å²) in [6.07, 6.45) is 7.61. The maximum Gasteiger partial charge on any atom is 0.255 e. The minimum atomic E-state index is -0.108. The van der Waals surface area contributed by atoms with E-state index < -0.39 is 0 Å². The Balaban J connectivity index is 1.21. The Labute approximate surface area is 159 Å². The highest BCUT2D eigenvalue weighted by Gasteiger charge is 2.32. The molecule has 2 amide bonds. The molecule has 3 fully saturated rings. The van der Waals surface area contributed by atoms with Gasteiger partial charge < -0.3 is 19.5 Å². The van der Waals surface area contributed by atoms with Crippen molar-refractivity contribution in [3.63, 3.8) is 0 Å². The van der Waals surface area contributed by atoms with Gasteiger partial charge in [-0.1, -0.05) is 18.0 Å². The van der Waals surface area contributed by atoms with Crippen LogP contribution in [-0.4, -0.2) is 46.6 Å². The number of aromatic nitrogens is 2. The molecule has 0 unspecified atom stereocenters. The van der Waals surface area contributed by atoms with Crippen LogP contribution in [0.5, 0.6) is 0 Å². The van der Waals surface area contributed by atoms with Crippen molar-refractivity contribution in [1.82, 2.24) is 20.4 Å². The van der Waals surface area contributed by atoms with E-state index in [1.54, 1.807) is 0 Å². The van der Waals surface area contributed by atoms with Crippen molar-refractivity contribution in [2.45, 2.75) is 64.0 Å². The summed E-state index contributed by atoms with van der Waals surface area (Å²) in [4.78, 5) is 31.2. The standard InChI is InChI=1S/C19H28N4O4/c24-17(20-12-16-21-18(27-22-16)15-6-3-11-26-15)13-7-9-23(10-8-13)19(25)14-4-1-2-5-14/h13-15H,1-12H2,(H,20,24)/t15-/m0/s1. The number of hydrogen-bond acceptors (Lipinski definition) is 6. The van der Waals surface area contributed by atoms with Gasteiger partial charge in [-0.05, 0) is 38.5 Å². The molecular weight excluding hydrogens is 348 g/mol. The second-order valence-corrected chi connectivity index (χ2v) is 7.85. The van der Waals surface area contributed by atoms with E-state index in [-0.39, 0.29) is 30.4 Å². The third-order valence-corrected chi connectivity index (χ3v) is 5.99. The van der Waals surface area contributed by atoms with Gasteiger partial charge in [0, 0.05) is 31.5 Å². The number of carbonyl (C=O) groups excluding carboxylic acids is 2. The number of nitrogens with one attached hydrogen (secondary N) is 1. The summed E-state index contributed by atoms with van der Waals surface area (Å²) in [5, 5.41) is 6.83. The summed E-state index contributed by atoms with van der Waals surface area (Å²) in [5.74, 6) is 1.43. The molecule has 0 spiro atoms. The highest BCUT2D eigenvalue weighted by Crippen LogP contribution is 2.29. The zero-order chi connectivity index (χ0) is 18.6. The highest BCUT2D eigenvalue weighted by atomic mass is 16.5. The van der Waals surface area contributed by atoms with Crippen LogP contribution in [0, 0.1) is 11.8 Å². The molecule has 8 nitrogen and oxygen atoms in total. The van der Waals surface area contributed by atoms with Crippen LogP contribution < -0.4 is 5.32 Å². The van der Waals surface area contributed by atoms with Gasteiger partial charge in [-0.15, -0.1) is 0 Å². The lowest BCUT2D eigenvalue weighted by molar-refractivity contribution is -0.139. The van der Waals surface area contributed by atoms with E-state index in [9.17, 15) is 9.59 Å². The predicted molar refractivity (Wildman–Crippen MR) is 95.3 cm³/mol. The van der Waals surface area contributed by atoms with Crippen LogP contribution in [0.4, 0.5) is 0 Å². The Morgan fingerprint density at radius 1 is 1.04 bits per heavy atom. The maximum absolute atomic E-state index is 12.5. The van der Waals surface area contributed by atoms with Gasteiger partial charge in [0.15, 0.2) is 5.82 Å². The van der Waals surface area contributed by atoms with Gasteiger partial charge in [0.25, 0.3) is 5.89 Å². The topological polar surface area (TPSA) is 97.6 Å². The summed E-state index contributed by atoms with van der Waals surface area (Å²) in [5.41, 5.74) is 0. The third-order valence-electron chi connectivity index (χ3n) is 5.99. The first-order valence-corrected chi connectivity index (χ1v) is 10.2. The largest absolute Gasteiger partial charge is 0.368 e. The summed E-state index contributed by atoms with van der Waals surface area (Å²) >= 11 is 0. The van der Waals surface area contributed by atoms with Gasteiger partial charge in [-0.3, -0.25) is 9.59 Å². The number of hydrogen-bond donors (Lipinski definition) is 1. The Bertz CT molecular complexity index is 656. The molecular formula is C19H28N4O4. The Hall–Kier alpha value is -1.96. The Morgan fingerprint density at radius 2 is 1.81 bits per heavy atom. The predicted octanol–water partition coefficient (Wildman–Crippen LogP) is 1.97. The first kappa shape index (κ1) is 18.4. The van der Waals surface area contributed by atoms with E-state index >= 15 is 0 Å². The number of amides is 2. The minimum Gasteiger partial charge on any atom is -0.368 e. The molecule has 1 aliphatic carbocycles. The monoisotopic (exact) mass is 376 g/mol. The molecule has 27 heavy (non-hydrogen) atoms. The lowest BCUT2D eigenvalue weighted by Crippen LogP contribution is -2.44. The molecule has 2 aliphatic heterocycles. The zero-order valence-electron chi connectivity index (χ0n) is 15.7. The van der Waals surface area contributed by atoms with Crippen LogP contribution in [0.25, 0.3) is 0 Å². The van der Waals surface area contributed by atoms with E-state index in [4.69, 9.17) is 9.26 Å². The van der Waals surface area contributed by atoms with E-state index in [1.165, 1.54) is 12.8 Å². The van der Waals surface area contributed by atoms with Gasteiger partial charge in [-0.25, -0.2) is 0 Å². The fraction of sp³-hybridized carbons (Fsp3) is 0.789. The normalized spacial score (nSPS) is 24.4. The molecule has 3 aliphatic rings. The fourth-order valence-corrected chi connectivity index (χ4v) is 4.35. The molecule has 4 rings (SSSR count). The van der Waals surface area contributed by atoms with Crippen LogP contribution in [0.15, 0.2) is 4.52 Å². The lowest BCUT2D eigenvalue weighted by Gasteiger charge is -2.33. The average molecular weight is 376 g/mol. The van der Waals surface area contributed by atoms with Crippen molar-refractivity contribution in [3.8, 4) is 0 Å². The first-order chi connectivity index (χ1) is 13.2. The Kier molecular flexibility index (Phi) is 5.71. The van der Waals surface area contributed by atoms with Crippen LogP contribution in [0.1, 0.15) is 69.2 Å². The molecule has 2 saturated heterocycles. The second-order valence-electron chi connectivity index (χ2n) is 7.85. The van der Waals surface area contributed by atoms with Crippen molar-refractivity contribution in [2.75, 3.05) is 19.7 Å². The summed E-state index contributed by atoms with van der Waals surface area (Å²) in [7, 11) is 0. The van der Waals surface area contributed by atoms with E-state index in [2.05, 4.69) is 15.5 Å². The first-order valence-electron chi connectivity index (χ1n) is 10.2. The van der Waals surface area contributed by atoms with E-state index in [0.717, 1.165) is 45.1 Å². The number of carbonyl (C=O) groups is 2. The van der Waals surface area contributed by atoms with Crippen molar-refractivity contribution in [1.29, 1.82) is 0 Å². The van der Waals surface area contributed by atoms with Crippen LogP contribution in [-0.2, 0) is 20.9 Å². The van der Waals surface area contributed by atoms with Gasteiger partial charge >= 0.3 is 0 Å². The molecule has 0 radical (unpaired) electrons. The highest BCUT2D eigenvalue weighted by molar-refractivity contribution is 5.81. The smallest absolute Gasteiger partial charge is 0.255 e. The van der Waals surface area contributed by atoms with E-state index in [0.29, 0.717) is 30.7 Å². The molecule has 1 aromatic rings. The van der Waals surface area contributed by atoms with Gasteiger partial charge in [0.1, 0.15) is 6.10 Å². The molecule has 0 bridgehead atoms. The SMILES string of the molecule is O=C(NCc1noc([C@@H]2CCCO2)n1)C1CCN(C(=O)C2CCCC2)CC1. The van der Waals surface area contributed by atoms with Gasteiger partial charge in [0.05, 0.1) is 6.54 Å². The lowest BCUT2D eigenvalue weighted by atomic mass is 9.94. The third kappa shape index (κ3) is 4.31. The molecule has 1 atom stereocenters. The number of nitrogens with zero attached hydrogens (tertiary/aromatic N) is 3. The van der Waals surface area contributed by atoms with Crippen LogP contribution >= 0.6 is 0 Å². The van der Waals surface area contributed by atoms with Crippen LogP contribution in [0.2, 0.25) is 0 Å². The average Bonchev–Trinajstić information content (AvgIpc) is 3.47. The summed E-state index contributed by atoms with van der Waals surface area (Å²) in [6, 6.07) is 0. The number of likely N-dealkylation sites (tertiary alicyclic amines) is 1. The molecule has 1 N–H and O–H groups in total. The van der Waals surface area contributed by atoms with Crippen molar-refractivity contribution < 1.29 is 18.8 Å². The molecule has 1 aromatic heterocycles. The fourth-order valence-electron chi connectivity index (χ4n) is 4.35.